The number of aromatic nitrogens is 4. The summed E-state index contributed by atoms with van der Waals surface area (Å²) < 4.78 is 6.84. The van der Waals surface area contributed by atoms with E-state index >= 15 is 0 Å². The van der Waals surface area contributed by atoms with Crippen LogP contribution in [0.4, 0.5) is 0 Å². The van der Waals surface area contributed by atoms with E-state index in [0.717, 1.165) is 24.3 Å². The maximum absolute atomic E-state index is 12.0. The molecular formula is C16H24N6O2S. The molecule has 0 aliphatic heterocycles. The minimum Gasteiger partial charge on any atom is -0.497 e. The zero-order valence-corrected chi connectivity index (χ0v) is 15.6. The summed E-state index contributed by atoms with van der Waals surface area (Å²) in [7, 11) is 5.63. The first-order chi connectivity index (χ1) is 12.1. The summed E-state index contributed by atoms with van der Waals surface area (Å²) in [5.41, 5.74) is 1.15. The molecule has 0 aliphatic carbocycles. The lowest BCUT2D eigenvalue weighted by Gasteiger charge is -2.09. The van der Waals surface area contributed by atoms with Gasteiger partial charge in [0.1, 0.15) is 5.75 Å². The number of benzene rings is 1. The molecule has 0 unspecified atom stereocenters. The highest BCUT2D eigenvalue weighted by molar-refractivity contribution is 7.99. The van der Waals surface area contributed by atoms with Gasteiger partial charge >= 0.3 is 0 Å². The first-order valence-corrected chi connectivity index (χ1v) is 9.00. The summed E-state index contributed by atoms with van der Waals surface area (Å²) in [6.07, 6.45) is 0.779. The van der Waals surface area contributed by atoms with E-state index in [-0.39, 0.29) is 5.91 Å². The molecule has 0 radical (unpaired) electrons. The molecule has 2 rings (SSSR count). The number of methoxy groups -OCH3 is 1. The van der Waals surface area contributed by atoms with Crippen LogP contribution in [0.5, 0.6) is 5.75 Å². The molecule has 0 saturated carbocycles. The number of amides is 1. The highest BCUT2D eigenvalue weighted by atomic mass is 32.2. The van der Waals surface area contributed by atoms with Crippen LogP contribution in [0.15, 0.2) is 29.4 Å². The summed E-state index contributed by atoms with van der Waals surface area (Å²) in [6.45, 7) is 2.13. The van der Waals surface area contributed by atoms with Crippen molar-refractivity contribution in [3.8, 4) is 5.75 Å². The maximum Gasteiger partial charge on any atom is 0.230 e. The zero-order chi connectivity index (χ0) is 18.1. The van der Waals surface area contributed by atoms with Gasteiger partial charge in [0.2, 0.25) is 11.1 Å². The van der Waals surface area contributed by atoms with Crippen molar-refractivity contribution in [1.29, 1.82) is 0 Å². The SMILES string of the molecule is COc1ccc(CCNC(=O)CSc2nnnn2CCN(C)C)cc1. The number of hydrogen-bond acceptors (Lipinski definition) is 7. The summed E-state index contributed by atoms with van der Waals surface area (Å²) >= 11 is 1.34. The molecule has 8 nitrogen and oxygen atoms in total. The molecule has 1 aromatic carbocycles. The topological polar surface area (TPSA) is 85.2 Å². The second-order valence-electron chi connectivity index (χ2n) is 5.72. The fraction of sp³-hybridized carbons (Fsp3) is 0.500. The van der Waals surface area contributed by atoms with Gasteiger partial charge in [0, 0.05) is 13.1 Å². The van der Waals surface area contributed by atoms with Crippen molar-refractivity contribution in [3.05, 3.63) is 29.8 Å². The largest absolute Gasteiger partial charge is 0.497 e. The van der Waals surface area contributed by atoms with Crippen molar-refractivity contribution in [2.24, 2.45) is 0 Å². The van der Waals surface area contributed by atoms with Crippen LogP contribution in [-0.4, -0.2) is 71.1 Å². The van der Waals surface area contributed by atoms with Gasteiger partial charge in [-0.2, -0.15) is 0 Å². The number of nitrogens with zero attached hydrogens (tertiary/aromatic N) is 5. The number of rotatable bonds is 10. The van der Waals surface area contributed by atoms with Crippen LogP contribution in [-0.2, 0) is 17.8 Å². The first kappa shape index (κ1) is 19.2. The number of carbonyl (C=O) groups is 1. The Morgan fingerprint density at radius 1 is 1.32 bits per heavy atom. The number of likely N-dealkylation sites (N-methyl/N-ethyl adjacent to an activating group) is 1. The quantitative estimate of drug-likeness (QED) is 0.621. The number of thioether (sulfide) groups is 1. The van der Waals surface area contributed by atoms with E-state index in [2.05, 4.69) is 25.7 Å². The molecule has 1 heterocycles. The molecule has 0 aliphatic rings. The van der Waals surface area contributed by atoms with Crippen molar-refractivity contribution >= 4 is 17.7 Å². The monoisotopic (exact) mass is 364 g/mol. The highest BCUT2D eigenvalue weighted by Gasteiger charge is 2.10. The molecule has 1 aromatic heterocycles. The van der Waals surface area contributed by atoms with Crippen LogP contribution >= 0.6 is 11.8 Å². The van der Waals surface area contributed by atoms with Gasteiger partial charge in [0.25, 0.3) is 0 Å². The van der Waals surface area contributed by atoms with Crippen LogP contribution in [0.2, 0.25) is 0 Å². The Kier molecular flexibility index (Phi) is 7.68. The zero-order valence-electron chi connectivity index (χ0n) is 14.8. The normalized spacial score (nSPS) is 10.9. The fourth-order valence-electron chi connectivity index (χ4n) is 2.05. The van der Waals surface area contributed by atoms with Crippen LogP contribution < -0.4 is 10.1 Å². The van der Waals surface area contributed by atoms with Gasteiger partial charge in [-0.15, -0.1) is 5.10 Å². The Labute approximate surface area is 151 Å². The smallest absolute Gasteiger partial charge is 0.230 e. The second-order valence-corrected chi connectivity index (χ2v) is 6.67. The van der Waals surface area contributed by atoms with E-state index in [0.29, 0.717) is 24.0 Å². The lowest BCUT2D eigenvalue weighted by atomic mass is 10.1. The molecule has 1 amide bonds. The van der Waals surface area contributed by atoms with Gasteiger partial charge in [0.05, 0.1) is 19.4 Å². The summed E-state index contributed by atoms with van der Waals surface area (Å²) in [5.74, 6) is 1.10. The molecule has 136 valence electrons. The summed E-state index contributed by atoms with van der Waals surface area (Å²) in [4.78, 5) is 14.0. The molecular weight excluding hydrogens is 340 g/mol. The minimum absolute atomic E-state index is 0.0272. The molecule has 25 heavy (non-hydrogen) atoms. The molecule has 0 bridgehead atoms. The molecule has 1 N–H and O–H groups in total. The Morgan fingerprint density at radius 3 is 2.76 bits per heavy atom. The maximum atomic E-state index is 12.0. The molecule has 0 spiro atoms. The van der Waals surface area contributed by atoms with Gasteiger partial charge in [-0.05, 0) is 48.6 Å². The summed E-state index contributed by atoms with van der Waals surface area (Å²) in [5, 5.41) is 15.2. The molecule has 0 atom stereocenters. The van der Waals surface area contributed by atoms with Gasteiger partial charge in [-0.3, -0.25) is 4.79 Å². The van der Waals surface area contributed by atoms with Crippen molar-refractivity contribution < 1.29 is 9.53 Å². The number of hydrogen-bond donors (Lipinski definition) is 1. The highest BCUT2D eigenvalue weighted by Crippen LogP contribution is 2.13. The average molecular weight is 364 g/mol. The van der Waals surface area contributed by atoms with Gasteiger partial charge in [-0.25, -0.2) is 4.68 Å². The average Bonchev–Trinajstić information content (AvgIpc) is 3.06. The fourth-order valence-corrected chi connectivity index (χ4v) is 2.79. The second kappa shape index (κ2) is 10.00. The van der Waals surface area contributed by atoms with E-state index in [9.17, 15) is 4.79 Å². The van der Waals surface area contributed by atoms with Gasteiger partial charge in [-0.1, -0.05) is 23.9 Å². The lowest BCUT2D eigenvalue weighted by Crippen LogP contribution is -2.27. The Morgan fingerprint density at radius 2 is 2.08 bits per heavy atom. The van der Waals surface area contributed by atoms with E-state index in [1.54, 1.807) is 11.8 Å². The van der Waals surface area contributed by atoms with Crippen LogP contribution in [0, 0.1) is 0 Å². The predicted molar refractivity (Wildman–Crippen MR) is 96.8 cm³/mol. The van der Waals surface area contributed by atoms with Crippen molar-refractivity contribution in [3.63, 3.8) is 0 Å². The Bertz CT molecular complexity index is 659. The number of carbonyl (C=O) groups excluding carboxylic acids is 1. The van der Waals surface area contributed by atoms with Crippen molar-refractivity contribution in [2.45, 2.75) is 18.1 Å². The third-order valence-corrected chi connectivity index (χ3v) is 4.44. The van der Waals surface area contributed by atoms with Gasteiger partial charge < -0.3 is 15.0 Å². The third-order valence-electron chi connectivity index (χ3n) is 3.49. The van der Waals surface area contributed by atoms with Crippen LogP contribution in [0.1, 0.15) is 5.56 Å². The van der Waals surface area contributed by atoms with E-state index < -0.39 is 0 Å². The minimum atomic E-state index is -0.0272. The van der Waals surface area contributed by atoms with Crippen LogP contribution in [0.3, 0.4) is 0 Å². The first-order valence-electron chi connectivity index (χ1n) is 8.02. The standard InChI is InChI=1S/C16H24N6O2S/c1-21(2)10-11-22-16(18-19-20-22)25-12-15(23)17-9-8-13-4-6-14(24-3)7-5-13/h4-7H,8-12H2,1-3H3,(H,17,23). The Balaban J connectivity index is 1.69. The lowest BCUT2D eigenvalue weighted by molar-refractivity contribution is -0.118. The van der Waals surface area contributed by atoms with E-state index in [4.69, 9.17) is 4.74 Å². The number of tetrazole rings is 1. The van der Waals surface area contributed by atoms with E-state index in [1.165, 1.54) is 11.8 Å². The number of nitrogens with one attached hydrogen (secondary N) is 1. The summed E-state index contributed by atoms with van der Waals surface area (Å²) in [6, 6.07) is 7.83. The van der Waals surface area contributed by atoms with Crippen LogP contribution in [0.25, 0.3) is 0 Å². The van der Waals surface area contributed by atoms with Crippen molar-refractivity contribution in [2.75, 3.05) is 40.0 Å². The molecule has 2 aromatic rings. The van der Waals surface area contributed by atoms with E-state index in [1.807, 2.05) is 38.4 Å². The predicted octanol–water partition coefficient (Wildman–Crippen LogP) is 0.694. The third kappa shape index (κ3) is 6.71. The van der Waals surface area contributed by atoms with Gasteiger partial charge in [0.15, 0.2) is 0 Å². The number of ether oxygens (including phenoxy) is 1. The molecule has 9 heteroatoms. The molecule has 0 fully saturated rings. The molecule has 0 saturated heterocycles. The Hall–Kier alpha value is -2.13. The van der Waals surface area contributed by atoms with Crippen molar-refractivity contribution in [1.82, 2.24) is 30.4 Å².